The van der Waals surface area contributed by atoms with Crippen LogP contribution in [0.25, 0.3) is 0 Å². The van der Waals surface area contributed by atoms with Crippen LogP contribution < -0.4 is 20.4 Å². The zero-order valence-electron chi connectivity index (χ0n) is 27.6. The molecule has 12 heteroatoms. The van der Waals surface area contributed by atoms with Gasteiger partial charge in [0, 0.05) is 0 Å². The minimum atomic E-state index is -1.13. The van der Waals surface area contributed by atoms with Crippen LogP contribution in [0, 0.1) is 27.7 Å². The van der Waals surface area contributed by atoms with E-state index in [1.54, 1.807) is 19.1 Å². The topological polar surface area (TPSA) is 141 Å². The summed E-state index contributed by atoms with van der Waals surface area (Å²) in [7, 11) is -2.21. The average Bonchev–Trinajstić information content (AvgIpc) is 3.48. The molecule has 0 saturated heterocycles. The molecule has 4 aromatic rings. The molecule has 48 heavy (non-hydrogen) atoms. The van der Waals surface area contributed by atoms with E-state index in [0.717, 1.165) is 39.1 Å². The number of carbonyl (C=O) groups excluding carboxylic acids is 1. The minimum absolute atomic E-state index is 0.0802. The van der Waals surface area contributed by atoms with E-state index >= 15 is 0 Å². The fourth-order valence-electron chi connectivity index (χ4n) is 6.04. The Hall–Kier alpha value is -4.61. The van der Waals surface area contributed by atoms with Crippen molar-refractivity contribution in [2.45, 2.75) is 59.7 Å². The Kier molecular flexibility index (Phi) is 10.9. The smallest absolute Gasteiger partial charge is 0.481 e. The molecule has 0 spiro atoms. The van der Waals surface area contributed by atoms with Crippen molar-refractivity contribution in [3.63, 3.8) is 0 Å². The van der Waals surface area contributed by atoms with Crippen LogP contribution in [0.3, 0.4) is 0 Å². The first-order chi connectivity index (χ1) is 22.9. The lowest BCUT2D eigenvalue weighted by Gasteiger charge is -2.15. The van der Waals surface area contributed by atoms with Gasteiger partial charge < -0.3 is 38.7 Å². The van der Waals surface area contributed by atoms with Crippen LogP contribution in [-0.4, -0.2) is 47.9 Å². The third-order valence-corrected chi connectivity index (χ3v) is 8.02. The molecule has 0 bridgehead atoms. The van der Waals surface area contributed by atoms with E-state index in [1.165, 1.54) is 0 Å². The molecule has 0 amide bonds. The van der Waals surface area contributed by atoms with Gasteiger partial charge in [-0.2, -0.15) is 0 Å². The predicted molar refractivity (Wildman–Crippen MR) is 181 cm³/mol. The summed E-state index contributed by atoms with van der Waals surface area (Å²) >= 11 is 0. The lowest BCUT2D eigenvalue weighted by Crippen LogP contribution is -2.28. The highest BCUT2D eigenvalue weighted by Gasteiger charge is 2.39. The van der Waals surface area contributed by atoms with E-state index in [1.807, 2.05) is 88.4 Å². The number of hydrogen-bond donors (Lipinski definition) is 3. The number of carbonyl (C=O) groups is 2. The van der Waals surface area contributed by atoms with Gasteiger partial charge in [0.2, 0.25) is 0 Å². The van der Waals surface area contributed by atoms with Gasteiger partial charge in [0.05, 0.1) is 31.7 Å². The fourth-order valence-corrected chi connectivity index (χ4v) is 6.04. The van der Waals surface area contributed by atoms with E-state index in [9.17, 15) is 19.6 Å². The number of carboxylic acids is 1. The second-order valence-corrected chi connectivity index (χ2v) is 11.9. The number of rotatable bonds is 9. The van der Waals surface area contributed by atoms with Crippen LogP contribution >= 0.6 is 0 Å². The Morgan fingerprint density at radius 2 is 1.15 bits per heavy atom. The van der Waals surface area contributed by atoms with Crippen molar-refractivity contribution in [2.24, 2.45) is 0 Å². The third kappa shape index (κ3) is 8.26. The highest BCUT2D eigenvalue weighted by Crippen LogP contribution is 2.35. The Bertz CT molecular complexity index is 1810. The quantitative estimate of drug-likeness (QED) is 0.165. The van der Waals surface area contributed by atoms with Gasteiger partial charge in [-0.05, 0) is 127 Å². The lowest BCUT2D eigenvalue weighted by molar-refractivity contribution is -0.145. The van der Waals surface area contributed by atoms with E-state index in [-0.39, 0.29) is 18.8 Å². The maximum absolute atomic E-state index is 11.8. The molecule has 4 aromatic carbocycles. The Labute approximate surface area is 280 Å². The zero-order chi connectivity index (χ0) is 34.5. The van der Waals surface area contributed by atoms with Gasteiger partial charge in [-0.1, -0.05) is 24.3 Å². The summed E-state index contributed by atoms with van der Waals surface area (Å²) in [6.45, 7) is 9.84. The molecule has 2 heterocycles. The van der Waals surface area contributed by atoms with E-state index in [0.29, 0.717) is 34.8 Å². The molecular formula is C36H38B2O10. The van der Waals surface area contributed by atoms with Crippen LogP contribution in [-0.2, 0) is 23.6 Å². The SMILES string of the molecule is CCOC(=O)CC1OB(O)c2cc(Oc3cccc(C)c3)cc(C)c21.Cc1cccc(Oc2cc(C)c3c(c2)B(O)OC3CC(=O)O)c1. The first kappa shape index (κ1) is 34.7. The van der Waals surface area contributed by atoms with Crippen molar-refractivity contribution in [3.05, 3.63) is 106 Å². The molecule has 0 radical (unpaired) electrons. The van der Waals surface area contributed by atoms with Crippen LogP contribution in [0.15, 0.2) is 72.8 Å². The summed E-state index contributed by atoms with van der Waals surface area (Å²) in [5.41, 5.74) is 6.71. The van der Waals surface area contributed by atoms with Gasteiger partial charge in [-0.3, -0.25) is 9.59 Å². The van der Waals surface area contributed by atoms with Crippen LogP contribution in [0.1, 0.15) is 65.4 Å². The number of esters is 1. The fraction of sp³-hybridized carbons (Fsp3) is 0.278. The molecule has 6 rings (SSSR count). The second kappa shape index (κ2) is 15.1. The number of carboxylic acid groups (broad SMARTS) is 1. The maximum Gasteiger partial charge on any atom is 0.492 e. The first-order valence-corrected chi connectivity index (χ1v) is 15.7. The summed E-state index contributed by atoms with van der Waals surface area (Å²) in [6.07, 6.45) is -1.23. The Balaban J connectivity index is 0.000000188. The summed E-state index contributed by atoms with van der Waals surface area (Å²) in [4.78, 5) is 22.7. The number of aryl methyl sites for hydroxylation is 4. The number of aliphatic carboxylic acids is 1. The van der Waals surface area contributed by atoms with Crippen molar-refractivity contribution in [1.82, 2.24) is 0 Å². The van der Waals surface area contributed by atoms with Gasteiger partial charge in [-0.25, -0.2) is 0 Å². The molecule has 0 fully saturated rings. The van der Waals surface area contributed by atoms with E-state index < -0.39 is 32.4 Å². The van der Waals surface area contributed by atoms with Crippen molar-refractivity contribution in [2.75, 3.05) is 6.61 Å². The molecule has 2 unspecified atom stereocenters. The molecular weight excluding hydrogens is 614 g/mol. The molecule has 0 aromatic heterocycles. The number of benzene rings is 4. The molecule has 3 N–H and O–H groups in total. The van der Waals surface area contributed by atoms with E-state index in [4.69, 9.17) is 28.6 Å². The van der Waals surface area contributed by atoms with Crippen molar-refractivity contribution in [1.29, 1.82) is 0 Å². The number of fused-ring (bicyclic) bond motifs is 2. The van der Waals surface area contributed by atoms with Crippen molar-refractivity contribution < 1.29 is 48.3 Å². The maximum atomic E-state index is 11.8. The summed E-state index contributed by atoms with van der Waals surface area (Å²) in [5.74, 6) is 1.35. The molecule has 0 aliphatic carbocycles. The van der Waals surface area contributed by atoms with Gasteiger partial charge in [-0.15, -0.1) is 0 Å². The standard InChI is InChI=1S/C19H21BO5.C17H17BO5/c1-4-23-18(21)11-17-19-13(3)9-15(10-16(19)20(22)25-17)24-14-7-5-6-12(2)8-14;1-10-4-3-5-12(6-10)22-13-7-11(2)17-14(8-13)18(21)23-15(17)9-16(19)20/h5-10,17,22H,4,11H2,1-3H3;3-8,15,21H,9H2,1-2H3,(H,19,20). The number of ether oxygens (including phenoxy) is 3. The normalized spacial score (nSPS) is 16.1. The third-order valence-electron chi connectivity index (χ3n) is 8.02. The van der Waals surface area contributed by atoms with Gasteiger partial charge in [0.25, 0.3) is 0 Å². The van der Waals surface area contributed by atoms with Crippen LogP contribution in [0.5, 0.6) is 23.0 Å². The van der Waals surface area contributed by atoms with Gasteiger partial charge in [0.15, 0.2) is 0 Å². The second-order valence-electron chi connectivity index (χ2n) is 11.9. The first-order valence-electron chi connectivity index (χ1n) is 15.7. The monoisotopic (exact) mass is 652 g/mol. The van der Waals surface area contributed by atoms with Crippen molar-refractivity contribution >= 4 is 37.1 Å². The van der Waals surface area contributed by atoms with Crippen LogP contribution in [0.2, 0.25) is 0 Å². The number of hydrogen-bond acceptors (Lipinski definition) is 9. The Morgan fingerprint density at radius 3 is 1.56 bits per heavy atom. The molecule has 2 aliphatic heterocycles. The van der Waals surface area contributed by atoms with Crippen molar-refractivity contribution in [3.8, 4) is 23.0 Å². The summed E-state index contributed by atoms with van der Waals surface area (Å²) in [5, 5.41) is 29.2. The highest BCUT2D eigenvalue weighted by atomic mass is 16.6. The molecule has 10 nitrogen and oxygen atoms in total. The summed E-state index contributed by atoms with van der Waals surface area (Å²) < 4.78 is 27.7. The largest absolute Gasteiger partial charge is 0.492 e. The van der Waals surface area contributed by atoms with Gasteiger partial charge in [0.1, 0.15) is 23.0 Å². The predicted octanol–water partition coefficient (Wildman–Crippen LogP) is 5.14. The molecule has 0 saturated carbocycles. The molecule has 2 atom stereocenters. The Morgan fingerprint density at radius 1 is 0.688 bits per heavy atom. The molecule has 2 aliphatic rings. The summed E-state index contributed by atoms with van der Waals surface area (Å²) in [6, 6.07) is 22.6. The molecule has 248 valence electrons. The van der Waals surface area contributed by atoms with E-state index in [2.05, 4.69) is 0 Å². The highest BCUT2D eigenvalue weighted by molar-refractivity contribution is 6.62. The minimum Gasteiger partial charge on any atom is -0.481 e. The average molecular weight is 652 g/mol. The lowest BCUT2D eigenvalue weighted by atomic mass is 9.77. The zero-order valence-corrected chi connectivity index (χ0v) is 27.6. The van der Waals surface area contributed by atoms with Gasteiger partial charge >= 0.3 is 26.2 Å². The van der Waals surface area contributed by atoms with Crippen LogP contribution in [0.4, 0.5) is 0 Å².